The van der Waals surface area contributed by atoms with Gasteiger partial charge in [-0.25, -0.2) is 0 Å². The molecule has 2 saturated heterocycles. The summed E-state index contributed by atoms with van der Waals surface area (Å²) in [4.78, 5) is 17.3. The Morgan fingerprint density at radius 2 is 2.08 bits per heavy atom. The third-order valence-electron chi connectivity index (χ3n) is 4.77. The predicted octanol–water partition coefficient (Wildman–Crippen LogP) is 2.06. The van der Waals surface area contributed by atoms with Gasteiger partial charge in [-0.2, -0.15) is 0 Å². The molecule has 0 aromatic heterocycles. The maximum absolute atomic E-state index is 13.3. The smallest absolute Gasteiger partial charge is 0.293 e. The van der Waals surface area contributed by atoms with E-state index >= 15 is 0 Å². The zero-order valence-electron chi connectivity index (χ0n) is 13.7. The molecular formula is C17H21BrN2O4. The molecule has 1 spiro atoms. The van der Waals surface area contributed by atoms with Gasteiger partial charge in [-0.1, -0.05) is 15.9 Å². The van der Waals surface area contributed by atoms with Crippen molar-refractivity contribution >= 4 is 27.5 Å². The van der Waals surface area contributed by atoms with Gasteiger partial charge in [0, 0.05) is 23.1 Å². The van der Waals surface area contributed by atoms with Crippen molar-refractivity contribution in [1.29, 1.82) is 0 Å². The molecule has 130 valence electrons. The number of hydrogen-bond donors (Lipinski definition) is 0. The van der Waals surface area contributed by atoms with Crippen molar-refractivity contribution in [2.24, 2.45) is 0 Å². The largest absolute Gasteiger partial charge is 0.379 e. The van der Waals surface area contributed by atoms with E-state index in [4.69, 9.17) is 14.2 Å². The second-order valence-corrected chi connectivity index (χ2v) is 7.36. The molecule has 6 nitrogen and oxygen atoms in total. The second-order valence-electron chi connectivity index (χ2n) is 6.45. The molecule has 0 N–H and O–H groups in total. The molecule has 2 atom stereocenters. The first kappa shape index (κ1) is 16.5. The van der Waals surface area contributed by atoms with Gasteiger partial charge in [0.1, 0.15) is 0 Å². The molecule has 1 aromatic carbocycles. The number of halogens is 1. The van der Waals surface area contributed by atoms with Crippen molar-refractivity contribution < 1.29 is 19.0 Å². The number of rotatable bonds is 2. The van der Waals surface area contributed by atoms with Crippen LogP contribution in [0.1, 0.15) is 18.9 Å². The van der Waals surface area contributed by atoms with E-state index in [9.17, 15) is 4.79 Å². The average molecular weight is 397 g/mol. The minimum absolute atomic E-state index is 0.0159. The van der Waals surface area contributed by atoms with Gasteiger partial charge in [-0.15, -0.1) is 0 Å². The summed E-state index contributed by atoms with van der Waals surface area (Å²) in [6.45, 7) is 6.07. The molecule has 7 heteroatoms. The van der Waals surface area contributed by atoms with Crippen LogP contribution in [-0.4, -0.2) is 56.5 Å². The number of morpholine rings is 1. The highest BCUT2D eigenvalue weighted by Gasteiger charge is 2.56. The van der Waals surface area contributed by atoms with Crippen LogP contribution in [0.5, 0.6) is 0 Å². The van der Waals surface area contributed by atoms with E-state index in [1.165, 1.54) is 0 Å². The molecule has 1 amide bonds. The third-order valence-corrected chi connectivity index (χ3v) is 5.27. The third kappa shape index (κ3) is 2.68. The summed E-state index contributed by atoms with van der Waals surface area (Å²) in [5, 5.41) is 0. The first-order valence-corrected chi connectivity index (χ1v) is 9.13. The second kappa shape index (κ2) is 6.38. The molecule has 3 aliphatic heterocycles. The number of ether oxygens (including phenoxy) is 3. The number of fused-ring (bicyclic) bond motifs is 2. The fourth-order valence-electron chi connectivity index (χ4n) is 3.49. The molecule has 0 saturated carbocycles. The standard InChI is InChI=1S/C17H21BrN2O4/c1-12-4-7-23-17(24-12)14-10-13(18)2-3-15(14)20(16(17)21)11-19-5-8-22-9-6-19/h2-3,10,12H,4-9,11H2,1H3/t12-,17+/m1/s1. The molecule has 0 unspecified atom stereocenters. The normalized spacial score (nSPS) is 30.8. The van der Waals surface area contributed by atoms with Gasteiger partial charge >= 0.3 is 0 Å². The fourth-order valence-corrected chi connectivity index (χ4v) is 3.85. The molecule has 4 rings (SSSR count). The molecule has 24 heavy (non-hydrogen) atoms. The van der Waals surface area contributed by atoms with E-state index in [0.29, 0.717) is 26.5 Å². The Hall–Kier alpha value is -0.990. The SMILES string of the molecule is C[C@@H]1CCO[C@@]2(O1)C(=O)N(CN1CCOCC1)c1ccc(Br)cc12. The summed E-state index contributed by atoms with van der Waals surface area (Å²) < 4.78 is 18.3. The van der Waals surface area contributed by atoms with Gasteiger partial charge in [-0.3, -0.25) is 14.6 Å². The number of amides is 1. The minimum atomic E-state index is -1.30. The van der Waals surface area contributed by atoms with Crippen LogP contribution in [0.25, 0.3) is 0 Å². The van der Waals surface area contributed by atoms with Crippen LogP contribution in [-0.2, 0) is 24.8 Å². The highest BCUT2D eigenvalue weighted by molar-refractivity contribution is 9.10. The lowest BCUT2D eigenvalue weighted by Crippen LogP contribution is -2.52. The van der Waals surface area contributed by atoms with Crippen LogP contribution in [0.4, 0.5) is 5.69 Å². The van der Waals surface area contributed by atoms with Gasteiger partial charge in [0.15, 0.2) is 0 Å². The van der Waals surface area contributed by atoms with Crippen molar-refractivity contribution in [2.45, 2.75) is 25.2 Å². The molecule has 3 aliphatic rings. The van der Waals surface area contributed by atoms with Gasteiger partial charge in [0.05, 0.1) is 38.3 Å². The van der Waals surface area contributed by atoms with E-state index < -0.39 is 5.79 Å². The average Bonchev–Trinajstić information content (AvgIpc) is 2.78. The summed E-state index contributed by atoms with van der Waals surface area (Å²) in [6, 6.07) is 5.84. The molecule has 0 aliphatic carbocycles. The Bertz CT molecular complexity index is 649. The number of hydrogen-bond acceptors (Lipinski definition) is 5. The molecule has 1 aromatic rings. The van der Waals surface area contributed by atoms with Gasteiger partial charge < -0.3 is 14.2 Å². The lowest BCUT2D eigenvalue weighted by molar-refractivity contribution is -0.278. The molecule has 3 heterocycles. The van der Waals surface area contributed by atoms with Crippen molar-refractivity contribution in [2.75, 3.05) is 44.5 Å². The number of benzene rings is 1. The minimum Gasteiger partial charge on any atom is -0.379 e. The monoisotopic (exact) mass is 396 g/mol. The van der Waals surface area contributed by atoms with Crippen molar-refractivity contribution in [3.05, 3.63) is 28.2 Å². The Kier molecular flexibility index (Phi) is 4.38. The Morgan fingerprint density at radius 3 is 2.83 bits per heavy atom. The van der Waals surface area contributed by atoms with E-state index in [0.717, 1.165) is 35.2 Å². The molecule has 2 fully saturated rings. The van der Waals surface area contributed by atoms with Crippen LogP contribution < -0.4 is 4.90 Å². The summed E-state index contributed by atoms with van der Waals surface area (Å²) in [7, 11) is 0. The Morgan fingerprint density at radius 1 is 1.29 bits per heavy atom. The molecule has 0 bridgehead atoms. The van der Waals surface area contributed by atoms with Crippen molar-refractivity contribution in [3.8, 4) is 0 Å². The maximum atomic E-state index is 13.3. The Balaban J connectivity index is 1.70. The predicted molar refractivity (Wildman–Crippen MR) is 91.7 cm³/mol. The maximum Gasteiger partial charge on any atom is 0.293 e. The summed E-state index contributed by atoms with van der Waals surface area (Å²) >= 11 is 3.50. The van der Waals surface area contributed by atoms with Crippen molar-refractivity contribution in [3.63, 3.8) is 0 Å². The van der Waals surface area contributed by atoms with Crippen LogP contribution in [0, 0.1) is 0 Å². The lowest BCUT2D eigenvalue weighted by Gasteiger charge is -2.37. The lowest BCUT2D eigenvalue weighted by atomic mass is 10.1. The summed E-state index contributed by atoms with van der Waals surface area (Å²) in [5.41, 5.74) is 1.66. The zero-order valence-corrected chi connectivity index (χ0v) is 15.3. The number of anilines is 1. The van der Waals surface area contributed by atoms with E-state index in [1.54, 1.807) is 4.90 Å². The number of carbonyl (C=O) groups is 1. The van der Waals surface area contributed by atoms with Gasteiger partial charge in [0.25, 0.3) is 11.7 Å². The van der Waals surface area contributed by atoms with E-state index in [-0.39, 0.29) is 12.0 Å². The highest BCUT2D eigenvalue weighted by Crippen LogP contribution is 2.47. The summed E-state index contributed by atoms with van der Waals surface area (Å²) in [6.07, 6.45) is 0.778. The van der Waals surface area contributed by atoms with E-state index in [2.05, 4.69) is 20.8 Å². The highest BCUT2D eigenvalue weighted by atomic mass is 79.9. The first-order chi connectivity index (χ1) is 11.6. The number of carbonyl (C=O) groups excluding carboxylic acids is 1. The summed E-state index contributed by atoms with van der Waals surface area (Å²) in [5.74, 6) is -1.43. The fraction of sp³-hybridized carbons (Fsp3) is 0.588. The Labute approximate surface area is 149 Å². The topological polar surface area (TPSA) is 51.2 Å². The van der Waals surface area contributed by atoms with Crippen LogP contribution in [0.3, 0.4) is 0 Å². The van der Waals surface area contributed by atoms with Crippen LogP contribution in [0.2, 0.25) is 0 Å². The van der Waals surface area contributed by atoms with Gasteiger partial charge in [-0.05, 0) is 31.5 Å². The number of nitrogens with zero attached hydrogens (tertiary/aromatic N) is 2. The van der Waals surface area contributed by atoms with Crippen molar-refractivity contribution in [1.82, 2.24) is 4.90 Å². The quantitative estimate of drug-likeness (QED) is 0.765. The molecule has 0 radical (unpaired) electrons. The molecular weight excluding hydrogens is 376 g/mol. The zero-order chi connectivity index (χ0) is 16.7. The van der Waals surface area contributed by atoms with Gasteiger partial charge in [0.2, 0.25) is 0 Å². The van der Waals surface area contributed by atoms with E-state index in [1.807, 2.05) is 25.1 Å². The van der Waals surface area contributed by atoms with Crippen LogP contribution >= 0.6 is 15.9 Å². The first-order valence-electron chi connectivity index (χ1n) is 8.34. The van der Waals surface area contributed by atoms with Crippen LogP contribution in [0.15, 0.2) is 22.7 Å².